The Kier molecular flexibility index (Phi) is 6.46. The monoisotopic (exact) mass is 398 g/mol. The topological polar surface area (TPSA) is 102 Å². The highest BCUT2D eigenvalue weighted by Crippen LogP contribution is 2.31. The first-order chi connectivity index (χ1) is 13.9. The zero-order chi connectivity index (χ0) is 21.0. The maximum Gasteiger partial charge on any atom is 0.309 e. The smallest absolute Gasteiger partial charge is 0.309 e. The predicted octanol–water partition coefficient (Wildman–Crippen LogP) is 4.37. The second-order valence-electron chi connectivity index (χ2n) is 7.59. The summed E-state index contributed by atoms with van der Waals surface area (Å²) in [5.74, 6) is 0.320. The number of aryl methyl sites for hydroxylation is 1. The van der Waals surface area contributed by atoms with E-state index in [1.54, 1.807) is 19.1 Å². The molecule has 2 aromatic rings. The molecule has 0 amide bonds. The van der Waals surface area contributed by atoms with E-state index in [-0.39, 0.29) is 24.1 Å². The minimum atomic E-state index is -0.444. The summed E-state index contributed by atoms with van der Waals surface area (Å²) in [5.41, 5.74) is 1.44. The first kappa shape index (κ1) is 20.8. The number of nitrogens with one attached hydrogen (secondary N) is 1. The molecular weight excluding hydrogens is 372 g/mol. The maximum atomic E-state index is 12.2. The number of ketones is 1. The molecule has 7 heteroatoms. The van der Waals surface area contributed by atoms with Crippen molar-refractivity contribution in [3.63, 3.8) is 0 Å². The summed E-state index contributed by atoms with van der Waals surface area (Å²) < 4.78 is 16.7. The van der Waals surface area contributed by atoms with Gasteiger partial charge in [-0.1, -0.05) is 5.16 Å². The molecule has 7 nitrogen and oxygen atoms in total. The molecule has 1 aliphatic carbocycles. The van der Waals surface area contributed by atoms with E-state index in [0.717, 1.165) is 25.5 Å². The van der Waals surface area contributed by atoms with E-state index < -0.39 is 5.78 Å². The van der Waals surface area contributed by atoms with Gasteiger partial charge in [-0.3, -0.25) is 9.59 Å². The largest absolute Gasteiger partial charge is 0.490 e. The predicted molar refractivity (Wildman–Crippen MR) is 107 cm³/mol. The van der Waals surface area contributed by atoms with Crippen molar-refractivity contribution >= 4 is 18.0 Å². The number of carbonyl (C=O) groups is 2. The Morgan fingerprint density at radius 3 is 2.62 bits per heavy atom. The SMILES string of the molecule is Cc1noc(-c2ccc(O[C@H]3CCC[C@H](C(=O)OC(C)C)C3)cc2)c1C(=O)C=N. The van der Waals surface area contributed by atoms with Crippen LogP contribution in [0.2, 0.25) is 0 Å². The zero-order valence-corrected chi connectivity index (χ0v) is 16.9. The number of aromatic nitrogens is 1. The summed E-state index contributed by atoms with van der Waals surface area (Å²) in [7, 11) is 0. The van der Waals surface area contributed by atoms with Gasteiger partial charge in [0.05, 0.1) is 35.6 Å². The van der Waals surface area contributed by atoms with Crippen LogP contribution in [0.5, 0.6) is 5.75 Å². The third-order valence-corrected chi connectivity index (χ3v) is 4.97. The molecule has 1 aromatic carbocycles. The van der Waals surface area contributed by atoms with E-state index >= 15 is 0 Å². The molecule has 1 N–H and O–H groups in total. The number of Topliss-reactive ketones (excluding diaryl/α,β-unsaturated/α-hetero) is 1. The van der Waals surface area contributed by atoms with Crippen molar-refractivity contribution in [3.05, 3.63) is 35.5 Å². The first-order valence-electron chi connectivity index (χ1n) is 9.87. The van der Waals surface area contributed by atoms with Gasteiger partial charge in [0.1, 0.15) is 5.75 Å². The average Bonchev–Trinajstić information content (AvgIpc) is 3.09. The van der Waals surface area contributed by atoms with Crippen LogP contribution in [0.3, 0.4) is 0 Å². The lowest BCUT2D eigenvalue weighted by molar-refractivity contribution is -0.154. The lowest BCUT2D eigenvalue weighted by Crippen LogP contribution is -2.31. The Morgan fingerprint density at radius 2 is 1.97 bits per heavy atom. The Hall–Kier alpha value is -2.96. The van der Waals surface area contributed by atoms with Crippen LogP contribution in [0.15, 0.2) is 28.8 Å². The van der Waals surface area contributed by atoms with Crippen molar-refractivity contribution in [3.8, 4) is 17.1 Å². The Bertz CT molecular complexity index is 885. The molecule has 1 saturated carbocycles. The van der Waals surface area contributed by atoms with Gasteiger partial charge < -0.3 is 19.4 Å². The molecule has 0 spiro atoms. The van der Waals surface area contributed by atoms with Crippen LogP contribution in [-0.4, -0.2) is 35.3 Å². The van der Waals surface area contributed by atoms with Crippen LogP contribution < -0.4 is 4.74 Å². The van der Waals surface area contributed by atoms with Gasteiger partial charge in [0.15, 0.2) is 5.76 Å². The molecule has 0 saturated heterocycles. The number of nitrogens with zero attached hydrogens (tertiary/aromatic N) is 1. The van der Waals surface area contributed by atoms with E-state index in [1.807, 2.05) is 26.0 Å². The fourth-order valence-electron chi connectivity index (χ4n) is 3.60. The van der Waals surface area contributed by atoms with E-state index in [1.165, 1.54) is 0 Å². The summed E-state index contributed by atoms with van der Waals surface area (Å²) in [4.78, 5) is 24.2. The van der Waals surface area contributed by atoms with Crippen molar-refractivity contribution in [2.24, 2.45) is 5.92 Å². The van der Waals surface area contributed by atoms with Gasteiger partial charge in [0.2, 0.25) is 5.78 Å². The molecule has 0 unspecified atom stereocenters. The molecule has 1 aliphatic rings. The van der Waals surface area contributed by atoms with Crippen LogP contribution >= 0.6 is 0 Å². The van der Waals surface area contributed by atoms with Crippen LogP contribution in [0.1, 0.15) is 55.6 Å². The molecule has 1 aromatic heterocycles. The van der Waals surface area contributed by atoms with Crippen LogP contribution in [0, 0.1) is 18.3 Å². The quantitative estimate of drug-likeness (QED) is 0.422. The molecule has 0 aliphatic heterocycles. The van der Waals surface area contributed by atoms with Gasteiger partial charge in [-0.25, -0.2) is 0 Å². The van der Waals surface area contributed by atoms with Gasteiger partial charge in [0, 0.05) is 5.56 Å². The lowest BCUT2D eigenvalue weighted by Gasteiger charge is -2.28. The summed E-state index contributed by atoms with van der Waals surface area (Å²) in [5, 5.41) is 11.1. The Morgan fingerprint density at radius 1 is 1.24 bits per heavy atom. The number of benzene rings is 1. The third kappa shape index (κ3) is 4.91. The molecule has 0 radical (unpaired) electrons. The van der Waals surface area contributed by atoms with E-state index in [9.17, 15) is 9.59 Å². The highest BCUT2D eigenvalue weighted by molar-refractivity contribution is 6.36. The standard InChI is InChI=1S/C22H26N2O5/c1-13(2)27-22(26)16-5-4-6-18(11-16)28-17-9-7-15(8-10-17)21-20(19(25)12-23)14(3)24-29-21/h7-10,12-13,16,18,23H,4-6,11H2,1-3H3/t16-,18-/m0/s1. The zero-order valence-electron chi connectivity index (χ0n) is 16.9. The maximum absolute atomic E-state index is 12.2. The number of hydrogen-bond acceptors (Lipinski definition) is 7. The highest BCUT2D eigenvalue weighted by atomic mass is 16.5. The number of ether oxygens (including phenoxy) is 2. The summed E-state index contributed by atoms with van der Waals surface area (Å²) in [6.07, 6.45) is 3.90. The fraction of sp³-hybridized carbons (Fsp3) is 0.455. The molecule has 0 bridgehead atoms. The molecule has 1 heterocycles. The van der Waals surface area contributed by atoms with Gasteiger partial charge >= 0.3 is 5.97 Å². The third-order valence-electron chi connectivity index (χ3n) is 4.97. The Labute approximate surface area is 169 Å². The number of hydrogen-bond donors (Lipinski definition) is 1. The summed E-state index contributed by atoms with van der Waals surface area (Å²) >= 11 is 0. The second-order valence-corrected chi connectivity index (χ2v) is 7.59. The highest BCUT2D eigenvalue weighted by Gasteiger charge is 2.30. The number of rotatable bonds is 7. The summed E-state index contributed by atoms with van der Waals surface area (Å²) in [6.45, 7) is 5.38. The minimum Gasteiger partial charge on any atom is -0.490 e. The minimum absolute atomic E-state index is 0.0399. The fourth-order valence-corrected chi connectivity index (χ4v) is 3.60. The van der Waals surface area contributed by atoms with Crippen molar-refractivity contribution in [2.45, 2.75) is 58.7 Å². The molecule has 1 fully saturated rings. The second kappa shape index (κ2) is 9.03. The van der Waals surface area contributed by atoms with Crippen molar-refractivity contribution in [2.75, 3.05) is 0 Å². The number of esters is 1. The molecule has 3 rings (SSSR count). The van der Waals surface area contributed by atoms with Gasteiger partial charge in [-0.2, -0.15) is 0 Å². The van der Waals surface area contributed by atoms with Crippen LogP contribution in [0.25, 0.3) is 11.3 Å². The van der Waals surface area contributed by atoms with Gasteiger partial charge in [0.25, 0.3) is 0 Å². The normalized spacial score (nSPS) is 19.0. The van der Waals surface area contributed by atoms with Crippen molar-refractivity contribution in [1.82, 2.24) is 5.16 Å². The average molecular weight is 398 g/mol. The number of carbonyl (C=O) groups excluding carboxylic acids is 2. The molecule has 29 heavy (non-hydrogen) atoms. The van der Waals surface area contributed by atoms with Crippen molar-refractivity contribution in [1.29, 1.82) is 5.41 Å². The lowest BCUT2D eigenvalue weighted by atomic mass is 9.87. The van der Waals surface area contributed by atoms with Crippen molar-refractivity contribution < 1.29 is 23.6 Å². The van der Waals surface area contributed by atoms with Crippen LogP contribution in [-0.2, 0) is 9.53 Å². The molecular formula is C22H26N2O5. The molecule has 2 atom stereocenters. The Balaban J connectivity index is 1.68. The summed E-state index contributed by atoms with van der Waals surface area (Å²) in [6, 6.07) is 7.20. The van der Waals surface area contributed by atoms with E-state index in [0.29, 0.717) is 34.8 Å². The van der Waals surface area contributed by atoms with Crippen LogP contribution in [0.4, 0.5) is 0 Å². The van der Waals surface area contributed by atoms with Gasteiger partial charge in [-0.15, -0.1) is 0 Å². The first-order valence-corrected chi connectivity index (χ1v) is 9.87. The van der Waals surface area contributed by atoms with E-state index in [4.69, 9.17) is 19.4 Å². The van der Waals surface area contributed by atoms with Gasteiger partial charge in [-0.05, 0) is 70.7 Å². The van der Waals surface area contributed by atoms with E-state index in [2.05, 4.69) is 5.16 Å². The molecule has 154 valence electrons.